The SMILES string of the molecule is Cc1ccc(-c2c3nc(c(-c4ccc(C)cc4)c4ccc5c(-c6ccc(C)cc6)c6ncc(c(-c7ccc(C)cc7)c7ccc2[nH]7)c6c(=O)n45)C=C3)cc1. The van der Waals surface area contributed by atoms with Gasteiger partial charge in [-0.25, -0.2) is 4.98 Å². The molecule has 258 valence electrons. The van der Waals surface area contributed by atoms with Crippen LogP contribution < -0.4 is 5.56 Å². The van der Waals surface area contributed by atoms with Gasteiger partial charge < -0.3 is 4.98 Å². The minimum absolute atomic E-state index is 0.111. The first-order valence-electron chi connectivity index (χ1n) is 18.4. The van der Waals surface area contributed by atoms with Gasteiger partial charge in [0.2, 0.25) is 0 Å². The molecule has 0 atom stereocenters. The number of rotatable bonds is 4. The highest BCUT2D eigenvalue weighted by molar-refractivity contribution is 6.15. The van der Waals surface area contributed by atoms with Gasteiger partial charge in [-0.2, -0.15) is 0 Å². The van der Waals surface area contributed by atoms with Crippen molar-refractivity contribution in [3.8, 4) is 44.5 Å². The highest BCUT2D eigenvalue weighted by Crippen LogP contribution is 2.41. The van der Waals surface area contributed by atoms with E-state index in [0.29, 0.717) is 10.9 Å². The maximum absolute atomic E-state index is 15.4. The van der Waals surface area contributed by atoms with Crippen LogP contribution in [0.3, 0.4) is 0 Å². The number of aromatic amines is 1. The van der Waals surface area contributed by atoms with Gasteiger partial charge in [0.05, 0.1) is 33.3 Å². The zero-order chi connectivity index (χ0) is 36.7. The summed E-state index contributed by atoms with van der Waals surface area (Å²) < 4.78 is 1.90. The van der Waals surface area contributed by atoms with Crippen LogP contribution >= 0.6 is 0 Å². The second kappa shape index (κ2) is 12.1. The van der Waals surface area contributed by atoms with Gasteiger partial charge in [-0.05, 0) is 86.4 Å². The predicted octanol–water partition coefficient (Wildman–Crippen LogP) is 11.8. The van der Waals surface area contributed by atoms with E-state index < -0.39 is 0 Å². The van der Waals surface area contributed by atoms with Gasteiger partial charge in [0.1, 0.15) is 0 Å². The van der Waals surface area contributed by atoms with E-state index in [9.17, 15) is 0 Å². The molecule has 10 rings (SSSR count). The fourth-order valence-electron chi connectivity index (χ4n) is 8.08. The number of aromatic nitrogens is 4. The minimum atomic E-state index is -0.111. The molecular weight excluding hydrogens is 661 g/mol. The van der Waals surface area contributed by atoms with Gasteiger partial charge in [-0.1, -0.05) is 119 Å². The second-order valence-corrected chi connectivity index (χ2v) is 14.6. The standard InChI is InChI=1S/C49H36N4O/c1-28-5-13-32(14-6-28)43-36-27-50-48-46(35-19-11-31(4)12-20-35)42-26-25-41(53(42)49(54)47(36)48)45(34-17-9-30(3)10-18-34)40-24-23-39(52-40)44(38-22-21-37(43)51-38)33-15-7-29(2)8-16-33/h5-27,51H,1-4H3. The maximum Gasteiger partial charge on any atom is 0.265 e. The molecule has 5 nitrogen and oxygen atoms in total. The third-order valence-corrected chi connectivity index (χ3v) is 10.9. The molecule has 0 aliphatic carbocycles. The van der Waals surface area contributed by atoms with E-state index in [-0.39, 0.29) is 5.56 Å². The second-order valence-electron chi connectivity index (χ2n) is 14.6. The lowest BCUT2D eigenvalue weighted by Crippen LogP contribution is -2.13. The monoisotopic (exact) mass is 696 g/mol. The van der Waals surface area contributed by atoms with Crippen LogP contribution in [0.15, 0.2) is 132 Å². The van der Waals surface area contributed by atoms with Crippen molar-refractivity contribution in [1.82, 2.24) is 19.4 Å². The van der Waals surface area contributed by atoms with Crippen LogP contribution in [0.1, 0.15) is 33.6 Å². The molecule has 0 amide bonds. The van der Waals surface area contributed by atoms with Crippen LogP contribution in [0.4, 0.5) is 0 Å². The van der Waals surface area contributed by atoms with Crippen LogP contribution in [0.2, 0.25) is 0 Å². The number of hydrogen-bond acceptors (Lipinski definition) is 3. The quantitative estimate of drug-likeness (QED) is 0.199. The van der Waals surface area contributed by atoms with Crippen molar-refractivity contribution in [1.29, 1.82) is 0 Å². The first-order chi connectivity index (χ1) is 26.3. The summed E-state index contributed by atoms with van der Waals surface area (Å²) in [6.07, 6.45) is 6.08. The van der Waals surface area contributed by atoms with Crippen molar-refractivity contribution in [2.45, 2.75) is 27.7 Å². The number of H-pyrrole nitrogens is 1. The van der Waals surface area contributed by atoms with Gasteiger partial charge in [-0.3, -0.25) is 14.2 Å². The summed E-state index contributed by atoms with van der Waals surface area (Å²) in [5.74, 6) is 0. The molecule has 0 radical (unpaired) electrons. The zero-order valence-corrected chi connectivity index (χ0v) is 30.5. The average Bonchev–Trinajstić information content (AvgIpc) is 4.01. The van der Waals surface area contributed by atoms with Gasteiger partial charge in [0.25, 0.3) is 5.56 Å². The van der Waals surface area contributed by atoms with Crippen LogP contribution in [0.5, 0.6) is 0 Å². The molecule has 0 fully saturated rings. The Balaban J connectivity index is 1.49. The van der Waals surface area contributed by atoms with E-state index in [4.69, 9.17) is 9.97 Å². The Kier molecular flexibility index (Phi) is 7.14. The Morgan fingerprint density at radius 2 is 0.907 bits per heavy atom. The molecule has 0 unspecified atom stereocenters. The van der Waals surface area contributed by atoms with Gasteiger partial charge in [-0.15, -0.1) is 0 Å². The normalized spacial score (nSPS) is 12.1. The summed E-state index contributed by atoms with van der Waals surface area (Å²) in [4.78, 5) is 29.7. The highest BCUT2D eigenvalue weighted by atomic mass is 16.1. The topological polar surface area (TPSA) is 63.0 Å². The van der Waals surface area contributed by atoms with E-state index in [2.05, 4.69) is 166 Å². The van der Waals surface area contributed by atoms with E-state index in [1.807, 2.05) is 10.6 Å². The molecule has 6 bridgehead atoms. The fourth-order valence-corrected chi connectivity index (χ4v) is 8.08. The zero-order valence-electron chi connectivity index (χ0n) is 30.5. The van der Waals surface area contributed by atoms with Crippen molar-refractivity contribution in [2.75, 3.05) is 0 Å². The van der Waals surface area contributed by atoms with Gasteiger partial charge in [0, 0.05) is 44.9 Å². The molecule has 54 heavy (non-hydrogen) atoms. The Bertz CT molecular complexity index is 3110. The van der Waals surface area contributed by atoms with Crippen molar-refractivity contribution in [3.63, 3.8) is 0 Å². The molecule has 1 aliphatic heterocycles. The number of fused-ring (bicyclic) bond motifs is 4. The van der Waals surface area contributed by atoms with Crippen LogP contribution in [0, 0.1) is 27.7 Å². The number of hydrogen-bond donors (Lipinski definition) is 1. The molecule has 0 saturated carbocycles. The van der Waals surface area contributed by atoms with Gasteiger partial charge >= 0.3 is 0 Å². The molecule has 4 aromatic carbocycles. The fraction of sp³-hybridized carbons (Fsp3) is 0.0816. The first kappa shape index (κ1) is 31.9. The van der Waals surface area contributed by atoms with Crippen LogP contribution in [-0.2, 0) is 0 Å². The molecule has 1 aliphatic rings. The Morgan fingerprint density at radius 1 is 0.481 bits per heavy atom. The molecular formula is C49H36N4O. The summed E-state index contributed by atoms with van der Waals surface area (Å²) in [5, 5.41) is 1.38. The number of nitrogens with one attached hydrogen (secondary N) is 1. The van der Waals surface area contributed by atoms with Crippen molar-refractivity contribution in [2.24, 2.45) is 0 Å². The third kappa shape index (κ3) is 4.96. The molecule has 1 N–H and O–H groups in total. The van der Waals surface area contributed by atoms with Crippen LogP contribution in [0.25, 0.3) is 95.0 Å². The lowest BCUT2D eigenvalue weighted by molar-refractivity contribution is 1.19. The summed E-state index contributed by atoms with van der Waals surface area (Å²) in [5.41, 5.74) is 18.1. The number of pyridine rings is 1. The Labute approximate surface area is 312 Å². The molecule has 9 aromatic rings. The smallest absolute Gasteiger partial charge is 0.265 e. The number of aryl methyl sites for hydroxylation is 4. The van der Waals surface area contributed by atoms with Crippen molar-refractivity contribution < 1.29 is 0 Å². The molecule has 5 aromatic heterocycles. The average molecular weight is 697 g/mol. The highest BCUT2D eigenvalue weighted by Gasteiger charge is 2.24. The minimum Gasteiger partial charge on any atom is -0.354 e. The van der Waals surface area contributed by atoms with E-state index in [1.165, 1.54) is 11.1 Å². The van der Waals surface area contributed by atoms with Gasteiger partial charge in [0.15, 0.2) is 0 Å². The van der Waals surface area contributed by atoms with E-state index in [1.54, 1.807) is 0 Å². The summed E-state index contributed by atoms with van der Waals surface area (Å²) in [6.45, 7) is 8.38. The number of nitrogens with zero attached hydrogens (tertiary/aromatic N) is 3. The summed E-state index contributed by atoms with van der Waals surface area (Å²) >= 11 is 0. The number of benzene rings is 4. The third-order valence-electron chi connectivity index (χ3n) is 10.9. The first-order valence-corrected chi connectivity index (χ1v) is 18.4. The predicted molar refractivity (Wildman–Crippen MR) is 225 cm³/mol. The van der Waals surface area contributed by atoms with Crippen molar-refractivity contribution in [3.05, 3.63) is 172 Å². The van der Waals surface area contributed by atoms with Crippen molar-refractivity contribution >= 4 is 50.5 Å². The lowest BCUT2D eigenvalue weighted by atomic mass is 9.98. The Hall–Kier alpha value is -6.85. The Morgan fingerprint density at radius 3 is 1.44 bits per heavy atom. The largest absolute Gasteiger partial charge is 0.354 e. The molecule has 0 saturated heterocycles. The molecule has 0 spiro atoms. The lowest BCUT2D eigenvalue weighted by Gasteiger charge is -2.11. The summed E-state index contributed by atoms with van der Waals surface area (Å²) in [7, 11) is 0. The molecule has 5 heteroatoms. The maximum atomic E-state index is 15.4. The van der Waals surface area contributed by atoms with E-state index in [0.717, 1.165) is 94.5 Å². The van der Waals surface area contributed by atoms with E-state index >= 15 is 4.79 Å². The van der Waals surface area contributed by atoms with Crippen LogP contribution in [-0.4, -0.2) is 19.4 Å². The molecule has 6 heterocycles. The summed E-state index contributed by atoms with van der Waals surface area (Å²) in [6, 6.07) is 42.5.